The van der Waals surface area contributed by atoms with Crippen LogP contribution in [0, 0.1) is 6.92 Å². The van der Waals surface area contributed by atoms with Crippen molar-refractivity contribution in [2.45, 2.75) is 25.9 Å². The van der Waals surface area contributed by atoms with Gasteiger partial charge >= 0.3 is 0 Å². The summed E-state index contributed by atoms with van der Waals surface area (Å²) in [4.78, 5) is 28.0. The minimum absolute atomic E-state index is 0.366. The number of nitrogens with zero attached hydrogens (tertiary/aromatic N) is 1. The molecule has 1 aromatic carbocycles. The number of anilines is 1. The summed E-state index contributed by atoms with van der Waals surface area (Å²) in [6.07, 6.45) is 0.735. The minimum Gasteiger partial charge on any atom is -0.466 e. The second-order valence-electron chi connectivity index (χ2n) is 6.06. The first kappa shape index (κ1) is 16.5. The zero-order chi connectivity index (χ0) is 17.3. The monoisotopic (exact) mass is 344 g/mol. The first-order valence-electron chi connectivity index (χ1n) is 7.80. The largest absolute Gasteiger partial charge is 0.466 e. The summed E-state index contributed by atoms with van der Waals surface area (Å²) < 4.78 is 5.81. The molecule has 1 aliphatic rings. The fraction of sp³-hybridized carbons (Fsp3) is 0.333. The van der Waals surface area contributed by atoms with Crippen molar-refractivity contribution in [1.82, 2.24) is 5.32 Å². The molecule has 0 spiro atoms. The number of benzene rings is 1. The molecule has 0 saturated heterocycles. The van der Waals surface area contributed by atoms with Crippen LogP contribution in [0.1, 0.15) is 17.4 Å². The maximum atomic E-state index is 12.7. The molecule has 1 aromatic heterocycles. The lowest BCUT2D eigenvalue weighted by molar-refractivity contribution is -0.148. The number of carbonyl (C=O) groups excluding carboxylic acids is 2. The van der Waals surface area contributed by atoms with Crippen LogP contribution in [0.25, 0.3) is 0 Å². The van der Waals surface area contributed by atoms with Gasteiger partial charge in [-0.3, -0.25) is 9.59 Å². The smallest absolute Gasteiger partial charge is 0.280 e. The second-order valence-corrected chi connectivity index (χ2v) is 7.09. The van der Waals surface area contributed by atoms with Gasteiger partial charge in [-0.05, 0) is 49.4 Å². The van der Waals surface area contributed by atoms with Gasteiger partial charge in [0.1, 0.15) is 5.75 Å². The lowest BCUT2D eigenvalue weighted by Crippen LogP contribution is -2.61. The molecule has 5 nitrogen and oxygen atoms in total. The quantitative estimate of drug-likeness (QED) is 0.867. The van der Waals surface area contributed by atoms with E-state index in [1.807, 2.05) is 36.6 Å². The number of nitrogens with one attached hydrogen (secondary N) is 1. The highest BCUT2D eigenvalue weighted by atomic mass is 32.1. The average Bonchev–Trinajstić information content (AvgIpc) is 3.07. The van der Waals surface area contributed by atoms with Crippen molar-refractivity contribution in [2.75, 3.05) is 18.5 Å². The van der Waals surface area contributed by atoms with Crippen molar-refractivity contribution in [3.05, 3.63) is 46.2 Å². The van der Waals surface area contributed by atoms with Crippen LogP contribution in [0.3, 0.4) is 0 Å². The highest BCUT2D eigenvalue weighted by Gasteiger charge is 2.49. The van der Waals surface area contributed by atoms with Gasteiger partial charge in [0.2, 0.25) is 0 Å². The van der Waals surface area contributed by atoms with Crippen LogP contribution in [0.15, 0.2) is 35.7 Å². The van der Waals surface area contributed by atoms with E-state index < -0.39 is 11.5 Å². The van der Waals surface area contributed by atoms with E-state index in [-0.39, 0.29) is 5.91 Å². The van der Waals surface area contributed by atoms with Crippen LogP contribution in [-0.2, 0) is 16.0 Å². The third-order valence-electron chi connectivity index (χ3n) is 4.17. The number of rotatable bonds is 4. The van der Waals surface area contributed by atoms with Crippen molar-refractivity contribution in [2.24, 2.45) is 0 Å². The Bertz CT molecular complexity index is 773. The molecule has 1 aliphatic heterocycles. The number of aryl methyl sites for hydroxylation is 1. The van der Waals surface area contributed by atoms with Gasteiger partial charge in [-0.25, -0.2) is 0 Å². The molecule has 0 saturated carbocycles. The molecule has 6 heteroatoms. The number of hydrogen-bond acceptors (Lipinski definition) is 4. The average molecular weight is 344 g/mol. The minimum atomic E-state index is -1.55. The molecular formula is C18H20N2O3S. The molecule has 0 fully saturated rings. The van der Waals surface area contributed by atoms with Gasteiger partial charge in [0, 0.05) is 18.5 Å². The van der Waals surface area contributed by atoms with E-state index in [1.165, 1.54) is 16.7 Å². The molecule has 2 aromatic rings. The van der Waals surface area contributed by atoms with Crippen molar-refractivity contribution < 1.29 is 14.3 Å². The zero-order valence-electron chi connectivity index (χ0n) is 14.0. The molecule has 1 unspecified atom stereocenters. The van der Waals surface area contributed by atoms with E-state index in [0.717, 1.165) is 12.0 Å². The summed E-state index contributed by atoms with van der Waals surface area (Å²) >= 11 is 1.64. The van der Waals surface area contributed by atoms with Gasteiger partial charge in [0.25, 0.3) is 17.4 Å². The van der Waals surface area contributed by atoms with Crippen LogP contribution in [0.2, 0.25) is 0 Å². The van der Waals surface area contributed by atoms with Gasteiger partial charge in [-0.1, -0.05) is 12.1 Å². The first-order chi connectivity index (χ1) is 11.4. The third-order valence-corrected chi connectivity index (χ3v) is 5.11. The van der Waals surface area contributed by atoms with Gasteiger partial charge in [0.05, 0.1) is 5.69 Å². The predicted molar refractivity (Wildman–Crippen MR) is 94.7 cm³/mol. The summed E-state index contributed by atoms with van der Waals surface area (Å²) in [6, 6.07) is 9.57. The van der Waals surface area contributed by atoms with Gasteiger partial charge in [-0.15, -0.1) is 11.3 Å². The number of fused-ring (bicyclic) bond motifs is 1. The first-order valence-corrected chi connectivity index (χ1v) is 8.68. The Labute approximate surface area is 145 Å². The zero-order valence-corrected chi connectivity index (χ0v) is 14.8. The molecule has 24 heavy (non-hydrogen) atoms. The number of hydrogen-bond donors (Lipinski definition) is 1. The van der Waals surface area contributed by atoms with E-state index >= 15 is 0 Å². The highest BCUT2D eigenvalue weighted by Crippen LogP contribution is 2.37. The number of carbonyl (C=O) groups is 2. The Hall–Kier alpha value is -2.34. The van der Waals surface area contributed by atoms with Crippen molar-refractivity contribution >= 4 is 28.8 Å². The van der Waals surface area contributed by atoms with Crippen LogP contribution in [0.5, 0.6) is 5.75 Å². The summed E-state index contributed by atoms with van der Waals surface area (Å²) in [5.74, 6) is -0.241. The molecule has 2 amide bonds. The predicted octanol–water partition coefficient (Wildman–Crippen LogP) is 2.53. The lowest BCUT2D eigenvalue weighted by atomic mass is 10.00. The Balaban J connectivity index is 1.75. The molecule has 2 heterocycles. The SMILES string of the molecule is Cc1ccc2c(c1)N(C)C(=O)C(C)(C(=O)NCCc1cccs1)O2. The topological polar surface area (TPSA) is 58.6 Å². The van der Waals surface area contributed by atoms with Gasteiger partial charge < -0.3 is 15.0 Å². The Morgan fingerprint density at radius 2 is 2.17 bits per heavy atom. The second kappa shape index (κ2) is 6.28. The number of ether oxygens (including phenoxy) is 1. The molecule has 3 rings (SSSR count). The molecule has 1 atom stereocenters. The van der Waals surface area contributed by atoms with E-state index in [2.05, 4.69) is 5.32 Å². The number of likely N-dealkylation sites (N-methyl/N-ethyl adjacent to an activating group) is 1. The Kier molecular flexibility index (Phi) is 4.32. The normalized spacial score (nSPS) is 19.6. The van der Waals surface area contributed by atoms with Crippen LogP contribution in [0.4, 0.5) is 5.69 Å². The molecule has 0 radical (unpaired) electrons. The molecule has 0 bridgehead atoms. The summed E-state index contributed by atoms with van der Waals surface area (Å²) in [6.45, 7) is 3.94. The van der Waals surface area contributed by atoms with E-state index in [1.54, 1.807) is 24.5 Å². The van der Waals surface area contributed by atoms with Gasteiger partial charge in [-0.2, -0.15) is 0 Å². The maximum Gasteiger partial charge on any atom is 0.280 e. The highest BCUT2D eigenvalue weighted by molar-refractivity contribution is 7.09. The van der Waals surface area contributed by atoms with Crippen molar-refractivity contribution in [1.29, 1.82) is 0 Å². The van der Waals surface area contributed by atoms with E-state index in [4.69, 9.17) is 4.74 Å². The van der Waals surface area contributed by atoms with Crippen LogP contribution < -0.4 is 15.0 Å². The summed E-state index contributed by atoms with van der Waals surface area (Å²) in [5, 5.41) is 4.82. The summed E-state index contributed by atoms with van der Waals surface area (Å²) in [7, 11) is 1.67. The fourth-order valence-electron chi connectivity index (χ4n) is 2.74. The lowest BCUT2D eigenvalue weighted by Gasteiger charge is -2.38. The van der Waals surface area contributed by atoms with E-state index in [0.29, 0.717) is 18.0 Å². The maximum absolute atomic E-state index is 12.7. The fourth-order valence-corrected chi connectivity index (χ4v) is 3.44. The Morgan fingerprint density at radius 3 is 2.88 bits per heavy atom. The van der Waals surface area contributed by atoms with E-state index in [9.17, 15) is 9.59 Å². The molecule has 0 aliphatic carbocycles. The third kappa shape index (κ3) is 2.89. The van der Waals surface area contributed by atoms with Crippen LogP contribution >= 0.6 is 11.3 Å². The molecule has 126 valence electrons. The number of thiophene rings is 1. The van der Waals surface area contributed by atoms with Crippen molar-refractivity contribution in [3.8, 4) is 5.75 Å². The Morgan fingerprint density at radius 1 is 1.38 bits per heavy atom. The standard InChI is InChI=1S/C18H20N2O3S/c1-12-6-7-15-14(11-12)20(3)17(22)18(2,23-15)16(21)19-9-8-13-5-4-10-24-13/h4-7,10-11H,8-9H2,1-3H3,(H,19,21). The number of amides is 2. The molecular weight excluding hydrogens is 324 g/mol. The van der Waals surface area contributed by atoms with Crippen molar-refractivity contribution in [3.63, 3.8) is 0 Å². The van der Waals surface area contributed by atoms with Gasteiger partial charge in [0.15, 0.2) is 0 Å². The summed E-state index contributed by atoms with van der Waals surface area (Å²) in [5.41, 5.74) is 0.164. The molecule has 1 N–H and O–H groups in total. The van der Waals surface area contributed by atoms with Crippen LogP contribution in [-0.4, -0.2) is 31.0 Å².